The largest absolute Gasteiger partial charge is 0.462 e. The minimum atomic E-state index is -0.485. The summed E-state index contributed by atoms with van der Waals surface area (Å²) in [6.07, 6.45) is -0.283. The van der Waals surface area contributed by atoms with E-state index in [4.69, 9.17) is 9.47 Å². The predicted molar refractivity (Wildman–Crippen MR) is 96.1 cm³/mol. The second-order valence-corrected chi connectivity index (χ2v) is 8.10. The zero-order valence-electron chi connectivity index (χ0n) is 14.9. The van der Waals surface area contributed by atoms with Gasteiger partial charge in [-0.25, -0.2) is 14.6 Å². The molecule has 0 unspecified atom stereocenters. The smallest absolute Gasteiger partial charge is 0.410 e. The molecule has 0 aliphatic carbocycles. The van der Waals surface area contributed by atoms with Crippen LogP contribution >= 0.6 is 11.3 Å². The highest BCUT2D eigenvalue weighted by Crippen LogP contribution is 2.34. The van der Waals surface area contributed by atoms with Gasteiger partial charge in [-0.15, -0.1) is 11.3 Å². The fourth-order valence-corrected chi connectivity index (χ4v) is 3.66. The molecule has 6 nitrogen and oxygen atoms in total. The molecule has 2 aromatic rings. The number of thiazole rings is 1. The number of hydrogen-bond donors (Lipinski definition) is 0. The number of hydrogen-bond acceptors (Lipinski definition) is 6. The van der Waals surface area contributed by atoms with E-state index >= 15 is 0 Å². The third kappa shape index (κ3) is 3.92. The molecule has 1 aromatic heterocycles. The molecule has 0 N–H and O–H groups in total. The molecule has 0 atom stereocenters. The van der Waals surface area contributed by atoms with E-state index in [9.17, 15) is 9.59 Å². The van der Waals surface area contributed by atoms with Crippen LogP contribution in [0.5, 0.6) is 0 Å². The van der Waals surface area contributed by atoms with Crippen molar-refractivity contribution in [2.45, 2.75) is 39.2 Å². The first-order chi connectivity index (χ1) is 11.8. The Balaban J connectivity index is 1.67. The van der Waals surface area contributed by atoms with Gasteiger partial charge in [0.1, 0.15) is 10.6 Å². The second kappa shape index (κ2) is 6.63. The number of aromatic nitrogens is 1. The molecule has 0 saturated carbocycles. The van der Waals surface area contributed by atoms with Crippen LogP contribution in [0.1, 0.15) is 49.0 Å². The maximum Gasteiger partial charge on any atom is 0.410 e. The lowest BCUT2D eigenvalue weighted by Crippen LogP contribution is -2.50. The van der Waals surface area contributed by atoms with Gasteiger partial charge in [0.2, 0.25) is 0 Å². The number of amides is 1. The van der Waals surface area contributed by atoms with Crippen molar-refractivity contribution in [3.05, 3.63) is 28.8 Å². The number of likely N-dealkylation sites (tertiary alicyclic amines) is 1. The molecule has 7 heteroatoms. The Morgan fingerprint density at radius 2 is 2.04 bits per heavy atom. The molecular formula is C18H22N2O4S. The summed E-state index contributed by atoms with van der Waals surface area (Å²) in [7, 11) is 0. The van der Waals surface area contributed by atoms with Crippen LogP contribution in [-0.4, -0.2) is 47.2 Å². The first kappa shape index (κ1) is 17.7. The Kier molecular flexibility index (Phi) is 4.69. The first-order valence-electron chi connectivity index (χ1n) is 8.32. The quantitative estimate of drug-likeness (QED) is 0.777. The molecule has 25 heavy (non-hydrogen) atoms. The summed E-state index contributed by atoms with van der Waals surface area (Å²) >= 11 is 1.56. The van der Waals surface area contributed by atoms with Gasteiger partial charge in [-0.3, -0.25) is 0 Å². The van der Waals surface area contributed by atoms with Crippen molar-refractivity contribution < 1.29 is 19.1 Å². The maximum atomic E-state index is 12.0. The number of fused-ring (bicyclic) bond motifs is 1. The molecule has 1 fully saturated rings. The Morgan fingerprint density at radius 1 is 1.32 bits per heavy atom. The van der Waals surface area contributed by atoms with Crippen molar-refractivity contribution in [1.82, 2.24) is 9.88 Å². The molecule has 1 aromatic carbocycles. The average molecular weight is 362 g/mol. The maximum absolute atomic E-state index is 12.0. The number of esters is 1. The van der Waals surface area contributed by atoms with Gasteiger partial charge < -0.3 is 14.4 Å². The van der Waals surface area contributed by atoms with Crippen LogP contribution in [0.25, 0.3) is 10.2 Å². The summed E-state index contributed by atoms with van der Waals surface area (Å²) in [4.78, 5) is 30.2. The Labute approximate surface area is 150 Å². The summed E-state index contributed by atoms with van der Waals surface area (Å²) in [5.74, 6) is -0.102. The standard InChI is InChI=1S/C18H22N2O4S/c1-5-23-16(21)11-6-7-13-14(8-11)25-15(19-13)12-9-20(10-12)17(22)24-18(2,3)4/h6-8,12H,5,9-10H2,1-4H3. The number of ether oxygens (including phenoxy) is 2. The molecule has 3 rings (SSSR count). The van der Waals surface area contributed by atoms with E-state index in [2.05, 4.69) is 4.98 Å². The molecule has 1 aliphatic rings. The summed E-state index contributed by atoms with van der Waals surface area (Å²) < 4.78 is 11.4. The van der Waals surface area contributed by atoms with Crippen LogP contribution in [-0.2, 0) is 9.47 Å². The van der Waals surface area contributed by atoms with Crippen molar-refractivity contribution in [1.29, 1.82) is 0 Å². The SMILES string of the molecule is CCOC(=O)c1ccc2nc(C3CN(C(=O)OC(C)(C)C)C3)sc2c1. The van der Waals surface area contributed by atoms with E-state index in [-0.39, 0.29) is 18.0 Å². The summed E-state index contributed by atoms with van der Waals surface area (Å²) in [6, 6.07) is 5.39. The van der Waals surface area contributed by atoms with Crippen molar-refractivity contribution in [3.63, 3.8) is 0 Å². The van der Waals surface area contributed by atoms with Crippen LogP contribution in [0.3, 0.4) is 0 Å². The molecule has 0 radical (unpaired) electrons. The van der Waals surface area contributed by atoms with Gasteiger partial charge in [0.15, 0.2) is 0 Å². The number of benzene rings is 1. The molecule has 2 heterocycles. The lowest BCUT2D eigenvalue weighted by Gasteiger charge is -2.38. The lowest BCUT2D eigenvalue weighted by atomic mass is 10.0. The van der Waals surface area contributed by atoms with Crippen LogP contribution in [0.15, 0.2) is 18.2 Å². The van der Waals surface area contributed by atoms with Gasteiger partial charge in [0.25, 0.3) is 0 Å². The predicted octanol–water partition coefficient (Wildman–Crippen LogP) is 3.81. The summed E-state index contributed by atoms with van der Waals surface area (Å²) in [5.41, 5.74) is 0.916. The number of rotatable bonds is 3. The van der Waals surface area contributed by atoms with Crippen molar-refractivity contribution in [3.8, 4) is 0 Å². The molecule has 1 amide bonds. The Morgan fingerprint density at radius 3 is 2.68 bits per heavy atom. The Hall–Kier alpha value is -2.15. The van der Waals surface area contributed by atoms with Gasteiger partial charge >= 0.3 is 12.1 Å². The van der Waals surface area contributed by atoms with Gasteiger partial charge in [-0.2, -0.15) is 0 Å². The van der Waals surface area contributed by atoms with Gasteiger partial charge in [0.05, 0.1) is 22.4 Å². The molecule has 0 bridgehead atoms. The number of carbonyl (C=O) groups excluding carboxylic acids is 2. The second-order valence-electron chi connectivity index (χ2n) is 7.04. The van der Waals surface area contributed by atoms with E-state index in [0.29, 0.717) is 25.3 Å². The molecule has 1 aliphatic heterocycles. The van der Waals surface area contributed by atoms with E-state index in [1.54, 1.807) is 29.2 Å². The van der Waals surface area contributed by atoms with Crippen LogP contribution in [0.4, 0.5) is 4.79 Å². The summed E-state index contributed by atoms with van der Waals surface area (Å²) in [6.45, 7) is 8.94. The highest BCUT2D eigenvalue weighted by Gasteiger charge is 2.36. The Bertz CT molecular complexity index is 803. The van der Waals surface area contributed by atoms with Gasteiger partial charge in [0, 0.05) is 19.0 Å². The van der Waals surface area contributed by atoms with E-state index < -0.39 is 5.60 Å². The minimum Gasteiger partial charge on any atom is -0.462 e. The van der Waals surface area contributed by atoms with Crippen LogP contribution < -0.4 is 0 Å². The van der Waals surface area contributed by atoms with Crippen molar-refractivity contribution in [2.24, 2.45) is 0 Å². The normalized spacial score (nSPS) is 15.1. The highest BCUT2D eigenvalue weighted by atomic mass is 32.1. The van der Waals surface area contributed by atoms with Gasteiger partial charge in [-0.05, 0) is 45.9 Å². The lowest BCUT2D eigenvalue weighted by molar-refractivity contribution is 0.00818. The van der Waals surface area contributed by atoms with E-state index in [1.807, 2.05) is 32.9 Å². The van der Waals surface area contributed by atoms with E-state index in [1.165, 1.54) is 0 Å². The van der Waals surface area contributed by atoms with Crippen LogP contribution in [0.2, 0.25) is 0 Å². The van der Waals surface area contributed by atoms with E-state index in [0.717, 1.165) is 15.2 Å². The number of nitrogens with zero attached hydrogens (tertiary/aromatic N) is 2. The average Bonchev–Trinajstić information content (AvgIpc) is 2.86. The number of carbonyl (C=O) groups is 2. The van der Waals surface area contributed by atoms with Crippen molar-refractivity contribution in [2.75, 3.05) is 19.7 Å². The monoisotopic (exact) mass is 362 g/mol. The zero-order valence-corrected chi connectivity index (χ0v) is 15.7. The molecule has 0 spiro atoms. The third-order valence-electron chi connectivity index (χ3n) is 3.80. The fourth-order valence-electron chi connectivity index (χ4n) is 2.57. The van der Waals surface area contributed by atoms with Crippen molar-refractivity contribution >= 4 is 33.6 Å². The van der Waals surface area contributed by atoms with Gasteiger partial charge in [-0.1, -0.05) is 0 Å². The minimum absolute atomic E-state index is 0.218. The molecular weight excluding hydrogens is 340 g/mol. The summed E-state index contributed by atoms with van der Waals surface area (Å²) in [5, 5.41) is 0.982. The molecule has 134 valence electrons. The first-order valence-corrected chi connectivity index (χ1v) is 9.14. The fraction of sp³-hybridized carbons (Fsp3) is 0.500. The third-order valence-corrected chi connectivity index (χ3v) is 4.98. The topological polar surface area (TPSA) is 68.7 Å². The highest BCUT2D eigenvalue weighted by molar-refractivity contribution is 7.18. The molecule has 1 saturated heterocycles. The zero-order chi connectivity index (χ0) is 18.2. The van der Waals surface area contributed by atoms with Crippen LogP contribution in [0, 0.1) is 0 Å².